The van der Waals surface area contributed by atoms with Crippen molar-refractivity contribution >= 4 is 11.9 Å². The van der Waals surface area contributed by atoms with E-state index in [2.05, 4.69) is 5.32 Å². The van der Waals surface area contributed by atoms with Crippen molar-refractivity contribution in [3.63, 3.8) is 0 Å². The molecule has 118 valence electrons. The summed E-state index contributed by atoms with van der Waals surface area (Å²) in [4.78, 5) is 20.2. The van der Waals surface area contributed by atoms with E-state index >= 15 is 0 Å². The molecule has 0 heterocycles. The van der Waals surface area contributed by atoms with Gasteiger partial charge in [-0.25, -0.2) is 4.79 Å². The van der Waals surface area contributed by atoms with Gasteiger partial charge in [-0.05, 0) is 18.9 Å². The highest BCUT2D eigenvalue weighted by molar-refractivity contribution is 5.81. The van der Waals surface area contributed by atoms with Crippen LogP contribution in [0.4, 0.5) is 13.2 Å². The Labute approximate surface area is 119 Å². The van der Waals surface area contributed by atoms with E-state index in [1.807, 2.05) is 37.3 Å². The highest BCUT2D eigenvalue weighted by atomic mass is 19.4. The first-order valence-electron chi connectivity index (χ1n) is 6.05. The van der Waals surface area contributed by atoms with E-state index in [-0.39, 0.29) is 5.91 Å². The molecular weight excluding hydrogens is 289 g/mol. The summed E-state index contributed by atoms with van der Waals surface area (Å²) in [5, 5.41) is 9.83. The largest absolute Gasteiger partial charge is 0.490 e. The molecule has 0 saturated heterocycles. The van der Waals surface area contributed by atoms with Crippen LogP contribution in [0, 0.1) is 0 Å². The summed E-state index contributed by atoms with van der Waals surface area (Å²) >= 11 is 0. The Morgan fingerprint density at radius 2 is 1.76 bits per heavy atom. The molecule has 8 heteroatoms. The molecule has 0 saturated carbocycles. The van der Waals surface area contributed by atoms with Crippen molar-refractivity contribution in [1.29, 1.82) is 0 Å². The average Bonchev–Trinajstić information content (AvgIpc) is 2.39. The van der Waals surface area contributed by atoms with E-state index in [4.69, 9.17) is 15.6 Å². The third kappa shape index (κ3) is 8.64. The molecule has 0 aliphatic carbocycles. The molecule has 4 N–H and O–H groups in total. The molecule has 0 bridgehead atoms. The highest BCUT2D eigenvalue weighted by Crippen LogP contribution is 2.13. The van der Waals surface area contributed by atoms with Crippen LogP contribution in [0.25, 0.3) is 0 Å². The molecule has 0 radical (unpaired) electrons. The van der Waals surface area contributed by atoms with Gasteiger partial charge in [-0.1, -0.05) is 30.3 Å². The maximum Gasteiger partial charge on any atom is 0.490 e. The first-order chi connectivity index (χ1) is 9.68. The predicted octanol–water partition coefficient (Wildman–Crippen LogP) is 1.33. The van der Waals surface area contributed by atoms with Crippen LogP contribution in [0.5, 0.6) is 0 Å². The monoisotopic (exact) mass is 306 g/mol. The Bertz CT molecular complexity index is 450. The zero-order valence-electron chi connectivity index (χ0n) is 11.4. The number of hydrogen-bond donors (Lipinski definition) is 3. The van der Waals surface area contributed by atoms with Crippen LogP contribution in [-0.4, -0.2) is 35.7 Å². The smallest absolute Gasteiger partial charge is 0.475 e. The Hall–Kier alpha value is -2.09. The second-order valence-electron chi connectivity index (χ2n) is 3.99. The minimum atomic E-state index is -5.08. The molecule has 1 rings (SSSR count). The van der Waals surface area contributed by atoms with Gasteiger partial charge in [0.25, 0.3) is 0 Å². The van der Waals surface area contributed by atoms with E-state index in [9.17, 15) is 18.0 Å². The number of aliphatic carboxylic acids is 1. The zero-order chi connectivity index (χ0) is 16.5. The fraction of sp³-hybridized carbons (Fsp3) is 0.385. The van der Waals surface area contributed by atoms with Gasteiger partial charge in [0.1, 0.15) is 0 Å². The lowest BCUT2D eigenvalue weighted by atomic mass is 10.1. The third-order valence-electron chi connectivity index (χ3n) is 2.23. The number of carboxylic acids is 1. The van der Waals surface area contributed by atoms with Crippen LogP contribution in [-0.2, 0) is 16.0 Å². The number of rotatable bonds is 4. The van der Waals surface area contributed by atoms with E-state index in [0.717, 1.165) is 5.56 Å². The second kappa shape index (κ2) is 8.96. The SMILES string of the molecule is CCNC(=O)[C@@H](N)Cc1ccccc1.O=C(O)C(F)(F)F. The standard InChI is InChI=1S/C11H16N2O.C2HF3O2/c1-2-13-11(14)10(12)8-9-6-4-3-5-7-9;3-2(4,5)1(6)7/h3-7,10H,2,8,12H2,1H3,(H,13,14);(H,6,7)/t10-;/m0./s1. The number of nitrogens with one attached hydrogen (secondary N) is 1. The van der Waals surface area contributed by atoms with Crippen LogP contribution in [0.1, 0.15) is 12.5 Å². The summed E-state index contributed by atoms with van der Waals surface area (Å²) in [6.45, 7) is 2.51. The minimum Gasteiger partial charge on any atom is -0.475 e. The van der Waals surface area contributed by atoms with Crippen molar-refractivity contribution in [3.8, 4) is 0 Å². The number of amides is 1. The van der Waals surface area contributed by atoms with Gasteiger partial charge < -0.3 is 16.2 Å². The van der Waals surface area contributed by atoms with Crippen LogP contribution in [0.2, 0.25) is 0 Å². The molecule has 0 aromatic heterocycles. The Kier molecular flexibility index (Phi) is 8.07. The van der Waals surface area contributed by atoms with Gasteiger partial charge in [-0.2, -0.15) is 13.2 Å². The van der Waals surface area contributed by atoms with Crippen molar-refractivity contribution in [2.45, 2.75) is 25.6 Å². The van der Waals surface area contributed by atoms with Crippen LogP contribution in [0.15, 0.2) is 30.3 Å². The Morgan fingerprint density at radius 1 is 1.29 bits per heavy atom. The predicted molar refractivity (Wildman–Crippen MR) is 70.5 cm³/mol. The molecule has 1 aromatic carbocycles. The summed E-state index contributed by atoms with van der Waals surface area (Å²) < 4.78 is 31.7. The highest BCUT2D eigenvalue weighted by Gasteiger charge is 2.38. The lowest BCUT2D eigenvalue weighted by Crippen LogP contribution is -2.41. The number of halogens is 3. The van der Waals surface area contributed by atoms with Crippen LogP contribution < -0.4 is 11.1 Å². The van der Waals surface area contributed by atoms with Gasteiger partial charge in [-0.15, -0.1) is 0 Å². The number of carboxylic acid groups (broad SMARTS) is 1. The molecule has 0 spiro atoms. The number of carbonyl (C=O) groups excluding carboxylic acids is 1. The summed E-state index contributed by atoms with van der Waals surface area (Å²) in [6, 6.07) is 9.33. The van der Waals surface area contributed by atoms with E-state index < -0.39 is 18.2 Å². The lowest BCUT2D eigenvalue weighted by Gasteiger charge is -2.10. The zero-order valence-corrected chi connectivity index (χ0v) is 11.4. The molecule has 1 aromatic rings. The first-order valence-corrected chi connectivity index (χ1v) is 6.05. The molecule has 21 heavy (non-hydrogen) atoms. The van der Waals surface area contributed by atoms with E-state index in [0.29, 0.717) is 13.0 Å². The summed E-state index contributed by atoms with van der Waals surface area (Å²) in [7, 11) is 0. The van der Waals surface area contributed by atoms with Crippen LogP contribution in [0.3, 0.4) is 0 Å². The number of carbonyl (C=O) groups is 2. The number of alkyl halides is 3. The van der Waals surface area contributed by atoms with Crippen molar-refractivity contribution in [2.24, 2.45) is 5.73 Å². The van der Waals surface area contributed by atoms with Crippen LogP contribution >= 0.6 is 0 Å². The van der Waals surface area contributed by atoms with Gasteiger partial charge in [0.2, 0.25) is 5.91 Å². The maximum atomic E-state index is 11.3. The number of benzene rings is 1. The quantitative estimate of drug-likeness (QED) is 0.782. The van der Waals surface area contributed by atoms with Crippen molar-refractivity contribution in [2.75, 3.05) is 6.54 Å². The van der Waals surface area contributed by atoms with E-state index in [1.165, 1.54) is 0 Å². The van der Waals surface area contributed by atoms with Crippen molar-refractivity contribution in [3.05, 3.63) is 35.9 Å². The second-order valence-corrected chi connectivity index (χ2v) is 3.99. The molecule has 0 aliphatic heterocycles. The van der Waals surface area contributed by atoms with Gasteiger partial charge >= 0.3 is 12.1 Å². The van der Waals surface area contributed by atoms with Crippen molar-refractivity contribution < 1.29 is 27.9 Å². The summed E-state index contributed by atoms with van der Waals surface area (Å²) in [6.07, 6.45) is -4.49. The summed E-state index contributed by atoms with van der Waals surface area (Å²) in [5.41, 5.74) is 6.81. The molecule has 0 fully saturated rings. The Morgan fingerprint density at radius 3 is 2.14 bits per heavy atom. The normalized spacial score (nSPS) is 11.9. The molecular formula is C13H17F3N2O3. The van der Waals surface area contributed by atoms with Crippen molar-refractivity contribution in [1.82, 2.24) is 5.32 Å². The minimum absolute atomic E-state index is 0.0867. The molecule has 0 aliphatic rings. The van der Waals surface area contributed by atoms with E-state index in [1.54, 1.807) is 0 Å². The Balaban J connectivity index is 0.000000486. The fourth-order valence-electron chi connectivity index (χ4n) is 1.27. The topological polar surface area (TPSA) is 92.4 Å². The van der Waals surface area contributed by atoms with Gasteiger partial charge in [-0.3, -0.25) is 4.79 Å². The molecule has 0 unspecified atom stereocenters. The number of hydrogen-bond acceptors (Lipinski definition) is 3. The maximum absolute atomic E-state index is 11.3. The molecule has 1 atom stereocenters. The lowest BCUT2D eigenvalue weighted by molar-refractivity contribution is -0.192. The third-order valence-corrected chi connectivity index (χ3v) is 2.23. The van der Waals surface area contributed by atoms with Gasteiger partial charge in [0, 0.05) is 6.54 Å². The number of nitrogens with two attached hydrogens (primary N) is 1. The summed E-state index contributed by atoms with van der Waals surface area (Å²) in [5.74, 6) is -2.84. The molecule has 1 amide bonds. The van der Waals surface area contributed by atoms with Gasteiger partial charge in [0.15, 0.2) is 0 Å². The average molecular weight is 306 g/mol. The fourth-order valence-corrected chi connectivity index (χ4v) is 1.27. The van der Waals surface area contributed by atoms with Gasteiger partial charge in [0.05, 0.1) is 6.04 Å². The first kappa shape index (κ1) is 18.9. The number of likely N-dealkylation sites (N-methyl/N-ethyl adjacent to an activating group) is 1. The molecule has 5 nitrogen and oxygen atoms in total.